The van der Waals surface area contributed by atoms with Gasteiger partial charge in [0.25, 0.3) is 0 Å². The van der Waals surface area contributed by atoms with Gasteiger partial charge >= 0.3 is 0 Å². The summed E-state index contributed by atoms with van der Waals surface area (Å²) in [6, 6.07) is 5.21. The van der Waals surface area contributed by atoms with Crippen LogP contribution in [0.1, 0.15) is 5.56 Å². The predicted octanol–water partition coefficient (Wildman–Crippen LogP) is 2.05. The first-order valence-corrected chi connectivity index (χ1v) is 5.08. The second-order valence-electron chi connectivity index (χ2n) is 2.91. The number of nitrogens with two attached hydrogens (primary N) is 1. The van der Waals surface area contributed by atoms with Gasteiger partial charge in [-0.2, -0.15) is 9.78 Å². The summed E-state index contributed by atoms with van der Waals surface area (Å²) >= 11 is 11.9. The molecule has 0 radical (unpaired) electrons. The maximum atomic E-state index is 5.96. The minimum absolute atomic E-state index is 0.194. The highest BCUT2D eigenvalue weighted by Crippen LogP contribution is 2.22. The quantitative estimate of drug-likeness (QED) is 0.836. The van der Waals surface area contributed by atoms with Crippen molar-refractivity contribution in [2.45, 2.75) is 0 Å². The molecule has 0 aliphatic carbocycles. The van der Waals surface area contributed by atoms with Gasteiger partial charge in [-0.05, 0) is 12.1 Å². The standard InChI is InChI=1S/C9H7Cl2N5/c10-7-2-1-3-8(11)6(7)4-14-16-5-13-15-9(16)12/h1-5H,(H2,12,15)/b14-4+. The van der Waals surface area contributed by atoms with Crippen molar-refractivity contribution in [2.24, 2.45) is 5.10 Å². The molecular weight excluding hydrogens is 249 g/mol. The van der Waals surface area contributed by atoms with Gasteiger partial charge < -0.3 is 5.73 Å². The molecule has 1 heterocycles. The Morgan fingerprint density at radius 1 is 1.31 bits per heavy atom. The number of nitrogen functional groups attached to an aromatic ring is 1. The Morgan fingerprint density at radius 2 is 2.00 bits per heavy atom. The summed E-state index contributed by atoms with van der Waals surface area (Å²) in [6.07, 6.45) is 2.89. The maximum absolute atomic E-state index is 5.96. The van der Waals surface area contributed by atoms with Gasteiger partial charge in [-0.25, -0.2) is 0 Å². The van der Waals surface area contributed by atoms with E-state index < -0.39 is 0 Å². The molecule has 16 heavy (non-hydrogen) atoms. The molecule has 0 spiro atoms. The van der Waals surface area contributed by atoms with Crippen LogP contribution in [-0.4, -0.2) is 21.1 Å². The summed E-state index contributed by atoms with van der Waals surface area (Å²) in [5.74, 6) is 0.194. The molecule has 2 aromatic rings. The van der Waals surface area contributed by atoms with Crippen LogP contribution in [0.3, 0.4) is 0 Å². The Balaban J connectivity index is 2.34. The van der Waals surface area contributed by atoms with E-state index in [2.05, 4.69) is 15.3 Å². The van der Waals surface area contributed by atoms with Gasteiger partial charge in [0.2, 0.25) is 5.95 Å². The molecule has 0 saturated carbocycles. The number of halogens is 2. The van der Waals surface area contributed by atoms with E-state index >= 15 is 0 Å². The second-order valence-corrected chi connectivity index (χ2v) is 3.73. The van der Waals surface area contributed by atoms with Gasteiger partial charge in [-0.15, -0.1) is 10.2 Å². The normalized spacial score (nSPS) is 11.1. The summed E-state index contributed by atoms with van der Waals surface area (Å²) in [5, 5.41) is 12.2. The molecule has 5 nitrogen and oxygen atoms in total. The molecular formula is C9H7Cl2N5. The third-order valence-electron chi connectivity index (χ3n) is 1.87. The molecule has 1 aromatic heterocycles. The first-order valence-electron chi connectivity index (χ1n) is 4.32. The Kier molecular flexibility index (Phi) is 3.07. The zero-order valence-corrected chi connectivity index (χ0v) is 9.52. The van der Waals surface area contributed by atoms with Crippen LogP contribution in [0.2, 0.25) is 10.0 Å². The van der Waals surface area contributed by atoms with Crippen molar-refractivity contribution in [3.63, 3.8) is 0 Å². The molecule has 0 aliphatic rings. The molecule has 2 rings (SSSR count). The fraction of sp³-hybridized carbons (Fsp3) is 0. The molecule has 0 bridgehead atoms. The molecule has 0 fully saturated rings. The summed E-state index contributed by atoms with van der Waals surface area (Å²) in [5.41, 5.74) is 6.11. The van der Waals surface area contributed by atoms with Gasteiger partial charge in [-0.1, -0.05) is 29.3 Å². The Labute approximate surface area is 101 Å². The molecule has 0 atom stereocenters. The molecule has 7 heteroatoms. The molecule has 0 amide bonds. The SMILES string of the molecule is Nc1nncn1/N=C/c1c(Cl)cccc1Cl. The zero-order chi connectivity index (χ0) is 11.5. The van der Waals surface area contributed by atoms with Crippen molar-refractivity contribution in [2.75, 3.05) is 5.73 Å². The van der Waals surface area contributed by atoms with Crippen LogP contribution < -0.4 is 5.73 Å². The molecule has 82 valence electrons. The number of aromatic nitrogens is 3. The van der Waals surface area contributed by atoms with Crippen LogP contribution >= 0.6 is 23.2 Å². The third-order valence-corrected chi connectivity index (χ3v) is 2.53. The Hall–Kier alpha value is -1.59. The summed E-state index contributed by atoms with van der Waals surface area (Å²) < 4.78 is 1.32. The second kappa shape index (κ2) is 4.51. The molecule has 0 saturated heterocycles. The molecule has 0 aliphatic heterocycles. The monoisotopic (exact) mass is 255 g/mol. The van der Waals surface area contributed by atoms with Crippen LogP contribution in [0.5, 0.6) is 0 Å². The number of rotatable bonds is 2. The van der Waals surface area contributed by atoms with Gasteiger partial charge in [0.15, 0.2) is 0 Å². The fourth-order valence-corrected chi connectivity index (χ4v) is 1.58. The van der Waals surface area contributed by atoms with Crippen LogP contribution in [0.25, 0.3) is 0 Å². The van der Waals surface area contributed by atoms with Crippen molar-refractivity contribution < 1.29 is 0 Å². The summed E-state index contributed by atoms with van der Waals surface area (Å²) in [6.45, 7) is 0. The third kappa shape index (κ3) is 2.15. The topological polar surface area (TPSA) is 69.1 Å². The van der Waals surface area contributed by atoms with E-state index in [1.54, 1.807) is 18.2 Å². The van der Waals surface area contributed by atoms with Crippen molar-refractivity contribution in [1.82, 2.24) is 14.9 Å². The van der Waals surface area contributed by atoms with E-state index in [0.29, 0.717) is 15.6 Å². The van der Waals surface area contributed by atoms with E-state index in [1.807, 2.05) is 0 Å². The summed E-state index contributed by atoms with van der Waals surface area (Å²) in [4.78, 5) is 0. The van der Waals surface area contributed by atoms with Crippen molar-refractivity contribution in [3.05, 3.63) is 40.1 Å². The first kappa shape index (κ1) is 10.9. The minimum Gasteiger partial charge on any atom is -0.366 e. The van der Waals surface area contributed by atoms with E-state index in [-0.39, 0.29) is 5.95 Å². The number of benzene rings is 1. The van der Waals surface area contributed by atoms with E-state index in [9.17, 15) is 0 Å². The van der Waals surface area contributed by atoms with Gasteiger partial charge in [0, 0.05) is 5.56 Å². The van der Waals surface area contributed by atoms with Crippen LogP contribution in [0.15, 0.2) is 29.6 Å². The number of hydrogen-bond donors (Lipinski definition) is 1. The van der Waals surface area contributed by atoms with Crippen LogP contribution in [0.4, 0.5) is 5.95 Å². The fourth-order valence-electron chi connectivity index (χ4n) is 1.08. The minimum atomic E-state index is 0.194. The highest BCUT2D eigenvalue weighted by molar-refractivity contribution is 6.38. The largest absolute Gasteiger partial charge is 0.366 e. The molecule has 0 unspecified atom stereocenters. The van der Waals surface area contributed by atoms with Crippen LogP contribution in [-0.2, 0) is 0 Å². The lowest BCUT2D eigenvalue weighted by Crippen LogP contribution is -1.97. The highest BCUT2D eigenvalue weighted by Gasteiger charge is 2.02. The van der Waals surface area contributed by atoms with Crippen LogP contribution in [0, 0.1) is 0 Å². The van der Waals surface area contributed by atoms with Crippen molar-refractivity contribution in [3.8, 4) is 0 Å². The Bertz CT molecular complexity index is 514. The Morgan fingerprint density at radius 3 is 2.56 bits per heavy atom. The van der Waals surface area contributed by atoms with Crippen molar-refractivity contribution >= 4 is 35.4 Å². The maximum Gasteiger partial charge on any atom is 0.242 e. The van der Waals surface area contributed by atoms with E-state index in [0.717, 1.165) is 0 Å². The molecule has 2 N–H and O–H groups in total. The highest BCUT2D eigenvalue weighted by atomic mass is 35.5. The number of nitrogens with zero attached hydrogens (tertiary/aromatic N) is 4. The van der Waals surface area contributed by atoms with Crippen molar-refractivity contribution in [1.29, 1.82) is 0 Å². The smallest absolute Gasteiger partial charge is 0.242 e. The molecule has 1 aromatic carbocycles. The van der Waals surface area contributed by atoms with Gasteiger partial charge in [0.05, 0.1) is 16.3 Å². The number of anilines is 1. The van der Waals surface area contributed by atoms with Gasteiger partial charge in [0.1, 0.15) is 6.33 Å². The van der Waals surface area contributed by atoms with E-state index in [1.165, 1.54) is 17.2 Å². The summed E-state index contributed by atoms with van der Waals surface area (Å²) in [7, 11) is 0. The predicted molar refractivity (Wildman–Crippen MR) is 63.9 cm³/mol. The van der Waals surface area contributed by atoms with Gasteiger partial charge in [-0.3, -0.25) is 0 Å². The van der Waals surface area contributed by atoms with E-state index in [4.69, 9.17) is 28.9 Å². The lowest BCUT2D eigenvalue weighted by atomic mass is 10.2. The average Bonchev–Trinajstić information content (AvgIpc) is 2.64. The zero-order valence-electron chi connectivity index (χ0n) is 8.01. The average molecular weight is 256 g/mol. The first-order chi connectivity index (χ1) is 7.68. The number of hydrogen-bond acceptors (Lipinski definition) is 4. The lowest BCUT2D eigenvalue weighted by Gasteiger charge is -2.00. The lowest BCUT2D eigenvalue weighted by molar-refractivity contribution is 0.892.